The molecule has 0 aromatic carbocycles. The molecule has 14 atom stereocenters. The molecule has 7 aliphatic heterocycles. The fraction of sp³-hybridized carbons (Fsp3) is 0.786. The first-order chi connectivity index (χ1) is 18.8. The molecule has 10 aliphatic rings. The van der Waals surface area contributed by atoms with Crippen LogP contribution in [0.4, 0.5) is 0 Å². The SMILES string of the molecule is CC12CC3OC(=O)C1COC14OC5(C2C1=O)C(O)(CCC1C4CC(O)C24C=CC(OO2)C(=O)C14C)C(=O)OC35C. The largest absolute Gasteiger partial charge is 0.458 e. The third kappa shape index (κ3) is 1.96. The Morgan fingerprint density at radius 1 is 1.05 bits per heavy atom. The summed E-state index contributed by atoms with van der Waals surface area (Å²) in [5, 5.41) is 24.1. The summed E-state index contributed by atoms with van der Waals surface area (Å²) in [5.41, 5.74) is -9.90. The van der Waals surface area contributed by atoms with Crippen molar-refractivity contribution in [3.63, 3.8) is 0 Å². The Hall–Kier alpha value is -2.22. The molecule has 0 amide bonds. The van der Waals surface area contributed by atoms with Gasteiger partial charge in [0.15, 0.2) is 40.1 Å². The standard InChI is InChI=1S/C28H30O12/c1-22-9-16-24(3)28-17(22)19(31)27(39-28,35-10-13(22)20(32)36-16)12-8-15(29)26-7-5-14(38-40-26)18(30)23(26,2)11(12)4-6-25(28,34)21(33)37-24/h5,7,11-17,29,34H,4,6,8-10H2,1-3H3. The van der Waals surface area contributed by atoms with E-state index in [1.54, 1.807) is 32.9 Å². The van der Waals surface area contributed by atoms with Gasteiger partial charge in [-0.25, -0.2) is 14.6 Å². The van der Waals surface area contributed by atoms with E-state index in [-0.39, 0.29) is 38.1 Å². The van der Waals surface area contributed by atoms with E-state index < -0.39 is 98.7 Å². The average Bonchev–Trinajstić information content (AvgIpc) is 3.23. The van der Waals surface area contributed by atoms with Crippen LogP contribution in [-0.4, -0.2) is 86.8 Å². The number of carbonyl (C=O) groups excluding carboxylic acids is 4. The van der Waals surface area contributed by atoms with E-state index in [1.165, 1.54) is 0 Å². The first-order valence-corrected chi connectivity index (χ1v) is 14.1. The Kier molecular flexibility index (Phi) is 3.90. The third-order valence-electron chi connectivity index (χ3n) is 12.9. The number of rotatable bonds is 0. The summed E-state index contributed by atoms with van der Waals surface area (Å²) in [6.45, 7) is 4.84. The highest BCUT2D eigenvalue weighted by Gasteiger charge is 2.93. The zero-order chi connectivity index (χ0) is 28.0. The summed E-state index contributed by atoms with van der Waals surface area (Å²) in [5.74, 6) is -8.03. The first kappa shape index (κ1) is 24.4. The number of fused-ring (bicyclic) bond motifs is 4. The van der Waals surface area contributed by atoms with Gasteiger partial charge in [-0.2, -0.15) is 0 Å². The normalized spacial score (nSPS) is 63.7. The van der Waals surface area contributed by atoms with Gasteiger partial charge in [-0.15, -0.1) is 0 Å². The molecular weight excluding hydrogens is 528 g/mol. The van der Waals surface area contributed by atoms with Gasteiger partial charge in [0.1, 0.15) is 6.10 Å². The zero-order valence-corrected chi connectivity index (χ0v) is 22.2. The molecule has 8 fully saturated rings. The molecule has 0 radical (unpaired) electrons. The van der Waals surface area contributed by atoms with Gasteiger partial charge < -0.3 is 29.2 Å². The molecule has 7 bridgehead atoms. The number of aliphatic hydroxyl groups excluding tert-OH is 1. The second kappa shape index (κ2) is 6.40. The van der Waals surface area contributed by atoms with Crippen LogP contribution in [0.15, 0.2) is 12.2 Å². The molecule has 2 N–H and O–H groups in total. The lowest BCUT2D eigenvalue weighted by Gasteiger charge is -2.65. The number of carbonyl (C=O) groups is 4. The Morgan fingerprint density at radius 3 is 2.55 bits per heavy atom. The Labute approximate surface area is 228 Å². The van der Waals surface area contributed by atoms with Gasteiger partial charge in [-0.3, -0.25) is 14.4 Å². The predicted molar refractivity (Wildman–Crippen MR) is 124 cm³/mol. The second-order valence-corrected chi connectivity index (χ2v) is 14.0. The molecular formula is C28H30O12. The van der Waals surface area contributed by atoms with Crippen LogP contribution in [0.2, 0.25) is 0 Å². The lowest BCUT2D eigenvalue weighted by molar-refractivity contribution is -0.441. The second-order valence-electron chi connectivity index (χ2n) is 14.0. The molecule has 2 saturated carbocycles. The summed E-state index contributed by atoms with van der Waals surface area (Å²) in [6, 6.07) is 0. The minimum Gasteiger partial charge on any atom is -0.458 e. The van der Waals surface area contributed by atoms with Crippen LogP contribution in [0.25, 0.3) is 0 Å². The molecule has 14 unspecified atom stereocenters. The highest BCUT2D eigenvalue weighted by Crippen LogP contribution is 2.75. The summed E-state index contributed by atoms with van der Waals surface area (Å²) >= 11 is 0. The molecule has 0 aromatic heterocycles. The molecule has 214 valence electrons. The van der Waals surface area contributed by atoms with E-state index in [1.807, 2.05) is 0 Å². The van der Waals surface area contributed by atoms with Gasteiger partial charge in [0.2, 0.25) is 5.79 Å². The zero-order valence-electron chi connectivity index (χ0n) is 22.2. The Morgan fingerprint density at radius 2 is 1.82 bits per heavy atom. The monoisotopic (exact) mass is 558 g/mol. The van der Waals surface area contributed by atoms with Crippen molar-refractivity contribution in [3.8, 4) is 0 Å². The fourth-order valence-electron chi connectivity index (χ4n) is 10.9. The highest BCUT2D eigenvalue weighted by atomic mass is 17.2. The van der Waals surface area contributed by atoms with Gasteiger partial charge in [0, 0.05) is 5.92 Å². The topological polar surface area (TPSA) is 164 Å². The van der Waals surface area contributed by atoms with Crippen LogP contribution < -0.4 is 0 Å². The van der Waals surface area contributed by atoms with Crippen molar-refractivity contribution in [3.05, 3.63) is 12.2 Å². The van der Waals surface area contributed by atoms with E-state index in [0.717, 1.165) is 0 Å². The summed E-state index contributed by atoms with van der Waals surface area (Å²) < 4.78 is 25.1. The molecule has 3 aliphatic carbocycles. The molecule has 12 heteroatoms. The first-order valence-electron chi connectivity index (χ1n) is 14.1. The lowest BCUT2D eigenvalue weighted by atomic mass is 9.46. The minimum absolute atomic E-state index is 0.0559. The number of ether oxygens (including phenoxy) is 4. The van der Waals surface area contributed by atoms with Gasteiger partial charge >= 0.3 is 11.9 Å². The predicted octanol–water partition coefficient (Wildman–Crippen LogP) is -0.329. The van der Waals surface area contributed by atoms with Crippen molar-refractivity contribution in [1.82, 2.24) is 0 Å². The number of ketones is 2. The van der Waals surface area contributed by atoms with E-state index in [0.29, 0.717) is 0 Å². The van der Waals surface area contributed by atoms with E-state index >= 15 is 0 Å². The van der Waals surface area contributed by atoms with Gasteiger partial charge in [-0.05, 0) is 63.0 Å². The summed E-state index contributed by atoms with van der Waals surface area (Å²) in [4.78, 5) is 67.1. The van der Waals surface area contributed by atoms with E-state index in [2.05, 4.69) is 0 Å². The number of Topliss-reactive ketones (excluding diaryl/α,β-unsaturated/α-hetero) is 2. The van der Waals surface area contributed by atoms with Gasteiger partial charge in [0.05, 0.1) is 30.0 Å². The summed E-state index contributed by atoms with van der Waals surface area (Å²) in [6.07, 6.45) is 0.0468. The number of hydrogen-bond acceptors (Lipinski definition) is 12. The van der Waals surface area contributed by atoms with Crippen LogP contribution in [0.5, 0.6) is 0 Å². The molecule has 40 heavy (non-hydrogen) atoms. The van der Waals surface area contributed by atoms with Crippen molar-refractivity contribution < 1.29 is 58.1 Å². The smallest absolute Gasteiger partial charge is 0.342 e. The molecule has 6 saturated heterocycles. The highest BCUT2D eigenvalue weighted by molar-refractivity contribution is 6.00. The molecule has 10 rings (SSSR count). The molecule has 0 aromatic rings. The Bertz CT molecular complexity index is 1390. The maximum atomic E-state index is 15.0. The molecule has 7 heterocycles. The summed E-state index contributed by atoms with van der Waals surface area (Å²) in [7, 11) is 0. The van der Waals surface area contributed by atoms with Crippen molar-refractivity contribution in [2.75, 3.05) is 6.61 Å². The molecule has 12 nitrogen and oxygen atoms in total. The third-order valence-corrected chi connectivity index (χ3v) is 12.9. The minimum atomic E-state index is -2.30. The van der Waals surface area contributed by atoms with Crippen molar-refractivity contribution in [1.29, 1.82) is 0 Å². The average molecular weight is 559 g/mol. The number of hydrogen-bond donors (Lipinski definition) is 2. The van der Waals surface area contributed by atoms with Crippen molar-refractivity contribution in [2.45, 2.75) is 93.0 Å². The fourth-order valence-corrected chi connectivity index (χ4v) is 10.9. The van der Waals surface area contributed by atoms with Crippen molar-refractivity contribution >= 4 is 23.5 Å². The van der Waals surface area contributed by atoms with Crippen molar-refractivity contribution in [2.24, 2.45) is 34.5 Å². The van der Waals surface area contributed by atoms with Crippen LogP contribution in [0.3, 0.4) is 0 Å². The number of aliphatic hydroxyl groups is 2. The van der Waals surface area contributed by atoms with Crippen LogP contribution in [-0.2, 0) is 47.9 Å². The van der Waals surface area contributed by atoms with Crippen LogP contribution in [0.1, 0.15) is 46.5 Å². The van der Waals surface area contributed by atoms with Gasteiger partial charge in [0.25, 0.3) is 0 Å². The van der Waals surface area contributed by atoms with Gasteiger partial charge in [-0.1, -0.05) is 6.92 Å². The maximum Gasteiger partial charge on any atom is 0.342 e. The Balaban J connectivity index is 1.33. The van der Waals surface area contributed by atoms with Crippen LogP contribution in [0, 0.1) is 34.5 Å². The van der Waals surface area contributed by atoms with Crippen LogP contribution >= 0.6 is 0 Å². The van der Waals surface area contributed by atoms with E-state index in [4.69, 9.17) is 28.7 Å². The lowest BCUT2D eigenvalue weighted by Crippen LogP contribution is -2.80. The van der Waals surface area contributed by atoms with E-state index in [9.17, 15) is 29.4 Å². The maximum absolute atomic E-state index is 15.0. The number of esters is 2. The quantitative estimate of drug-likeness (QED) is 0.226. The molecule has 3 spiro atoms.